The van der Waals surface area contributed by atoms with Crippen molar-refractivity contribution in [2.45, 2.75) is 77.0 Å². The summed E-state index contributed by atoms with van der Waals surface area (Å²) < 4.78 is 5.77. The van der Waals surface area contributed by atoms with Crippen LogP contribution in [0.5, 0.6) is 0 Å². The number of hydrogen-bond donors (Lipinski definition) is 0. The fraction of sp³-hybridized carbons (Fsp3) is 0.900. The van der Waals surface area contributed by atoms with E-state index in [0.717, 1.165) is 45.3 Å². The zero-order chi connectivity index (χ0) is 17.6. The smallest absolute Gasteiger partial charge is 0.306 e. The first-order chi connectivity index (χ1) is 12.0. The zero-order valence-electron chi connectivity index (χ0n) is 15.7. The Morgan fingerprint density at radius 3 is 2.76 bits per heavy atom. The molecule has 0 aromatic rings. The highest BCUT2D eigenvalue weighted by atomic mass is 16.5. The van der Waals surface area contributed by atoms with Crippen molar-refractivity contribution in [1.82, 2.24) is 9.80 Å². The molecule has 5 unspecified atom stereocenters. The van der Waals surface area contributed by atoms with Gasteiger partial charge in [-0.05, 0) is 43.4 Å². The van der Waals surface area contributed by atoms with Crippen LogP contribution < -0.4 is 0 Å². The summed E-state index contributed by atoms with van der Waals surface area (Å²) in [6, 6.07) is 0.970. The normalized spacial score (nSPS) is 38.3. The van der Waals surface area contributed by atoms with Crippen molar-refractivity contribution >= 4 is 11.9 Å². The van der Waals surface area contributed by atoms with Crippen molar-refractivity contribution < 1.29 is 14.3 Å². The lowest BCUT2D eigenvalue weighted by atomic mass is 9.70. The molecular weight excluding hydrogens is 316 g/mol. The molecule has 5 nitrogen and oxygen atoms in total. The summed E-state index contributed by atoms with van der Waals surface area (Å²) >= 11 is 0. The second kappa shape index (κ2) is 6.90. The highest BCUT2D eigenvalue weighted by Crippen LogP contribution is 2.43. The van der Waals surface area contributed by atoms with Gasteiger partial charge in [0.1, 0.15) is 6.10 Å². The summed E-state index contributed by atoms with van der Waals surface area (Å²) in [6.07, 6.45) is 6.75. The Labute approximate surface area is 151 Å². The maximum atomic E-state index is 12.4. The van der Waals surface area contributed by atoms with Crippen LogP contribution in [0.1, 0.15) is 58.8 Å². The molecule has 2 bridgehead atoms. The Morgan fingerprint density at radius 1 is 1.16 bits per heavy atom. The number of piperidine rings is 4. The predicted molar refractivity (Wildman–Crippen MR) is 94.9 cm³/mol. The Morgan fingerprint density at radius 2 is 1.96 bits per heavy atom. The topological polar surface area (TPSA) is 49.9 Å². The van der Waals surface area contributed by atoms with Crippen LogP contribution in [0.3, 0.4) is 0 Å². The summed E-state index contributed by atoms with van der Waals surface area (Å²) in [4.78, 5) is 29.3. The highest BCUT2D eigenvalue weighted by Gasteiger charge is 2.49. The van der Waals surface area contributed by atoms with Gasteiger partial charge in [0.15, 0.2) is 0 Å². The number of carbonyl (C=O) groups is 2. The summed E-state index contributed by atoms with van der Waals surface area (Å²) in [5, 5.41) is 0. The molecule has 5 heteroatoms. The number of carbonyl (C=O) groups excluding carboxylic acids is 2. The molecule has 4 aliphatic rings. The van der Waals surface area contributed by atoms with E-state index >= 15 is 0 Å². The number of rotatable bonds is 3. The summed E-state index contributed by atoms with van der Waals surface area (Å²) in [5.41, 5.74) is 0. The fourth-order valence-corrected chi connectivity index (χ4v) is 5.73. The molecule has 4 fully saturated rings. The first kappa shape index (κ1) is 17.3. The Kier molecular flexibility index (Phi) is 4.78. The Hall–Kier alpha value is -1.10. The average Bonchev–Trinajstić information content (AvgIpc) is 2.56. The molecule has 5 atom stereocenters. The molecule has 0 radical (unpaired) electrons. The van der Waals surface area contributed by atoms with Gasteiger partial charge in [0.2, 0.25) is 5.91 Å². The van der Waals surface area contributed by atoms with Crippen LogP contribution in [0.2, 0.25) is 0 Å². The summed E-state index contributed by atoms with van der Waals surface area (Å²) in [7, 11) is 0. The van der Waals surface area contributed by atoms with Gasteiger partial charge < -0.3 is 9.64 Å². The maximum Gasteiger partial charge on any atom is 0.306 e. The van der Waals surface area contributed by atoms with Gasteiger partial charge in [0, 0.05) is 51.0 Å². The number of esters is 1. The van der Waals surface area contributed by atoms with Crippen molar-refractivity contribution in [3.05, 3.63) is 0 Å². The van der Waals surface area contributed by atoms with E-state index in [4.69, 9.17) is 4.74 Å². The van der Waals surface area contributed by atoms with Gasteiger partial charge in [-0.15, -0.1) is 0 Å². The minimum Gasteiger partial charge on any atom is -0.462 e. The first-order valence-corrected chi connectivity index (χ1v) is 10.2. The van der Waals surface area contributed by atoms with E-state index in [1.165, 1.54) is 12.8 Å². The number of fused-ring (bicyclic) bond motifs is 6. The van der Waals surface area contributed by atoms with E-state index in [9.17, 15) is 9.59 Å². The van der Waals surface area contributed by atoms with Gasteiger partial charge in [0.05, 0.1) is 0 Å². The van der Waals surface area contributed by atoms with Gasteiger partial charge >= 0.3 is 5.97 Å². The third-order valence-electron chi connectivity index (χ3n) is 6.79. The summed E-state index contributed by atoms with van der Waals surface area (Å²) in [5.74, 6) is 1.89. The highest BCUT2D eigenvalue weighted by molar-refractivity contribution is 5.77. The van der Waals surface area contributed by atoms with E-state index in [1.54, 1.807) is 0 Å². The van der Waals surface area contributed by atoms with Gasteiger partial charge in [-0.3, -0.25) is 14.5 Å². The third-order valence-corrected chi connectivity index (χ3v) is 6.79. The van der Waals surface area contributed by atoms with Crippen molar-refractivity contribution in [2.24, 2.45) is 17.8 Å². The lowest BCUT2D eigenvalue weighted by Crippen LogP contribution is -2.65. The Balaban J connectivity index is 1.41. The van der Waals surface area contributed by atoms with E-state index in [1.807, 2.05) is 0 Å². The first-order valence-electron chi connectivity index (χ1n) is 10.2. The quantitative estimate of drug-likeness (QED) is 0.735. The van der Waals surface area contributed by atoms with Crippen molar-refractivity contribution in [2.75, 3.05) is 19.6 Å². The lowest BCUT2D eigenvalue weighted by molar-refractivity contribution is -0.159. The number of amides is 1. The molecule has 0 aromatic heterocycles. The lowest BCUT2D eigenvalue weighted by Gasteiger charge is -2.57. The van der Waals surface area contributed by atoms with Crippen molar-refractivity contribution in [3.8, 4) is 0 Å². The predicted octanol–water partition coefficient (Wildman–Crippen LogP) is 2.44. The maximum absolute atomic E-state index is 12.4. The van der Waals surface area contributed by atoms with Gasteiger partial charge in [-0.25, -0.2) is 0 Å². The monoisotopic (exact) mass is 348 g/mol. The van der Waals surface area contributed by atoms with E-state index in [2.05, 4.69) is 23.6 Å². The zero-order valence-corrected chi connectivity index (χ0v) is 15.7. The van der Waals surface area contributed by atoms with Crippen molar-refractivity contribution in [1.29, 1.82) is 0 Å². The van der Waals surface area contributed by atoms with E-state index < -0.39 is 0 Å². The van der Waals surface area contributed by atoms with Crippen LogP contribution in [-0.2, 0) is 14.3 Å². The fourth-order valence-electron chi connectivity index (χ4n) is 5.73. The molecule has 0 spiro atoms. The molecule has 4 aliphatic heterocycles. The van der Waals surface area contributed by atoms with Crippen LogP contribution in [0, 0.1) is 17.8 Å². The molecule has 4 saturated heterocycles. The van der Waals surface area contributed by atoms with E-state index in [-0.39, 0.29) is 12.1 Å². The van der Waals surface area contributed by atoms with Crippen LogP contribution >= 0.6 is 0 Å². The summed E-state index contributed by atoms with van der Waals surface area (Å²) in [6.45, 7) is 7.20. The SMILES string of the molecule is CC(C)CC(=O)OC1CCN2CC3CC(CN4C(=O)CCCC34)C2C1. The van der Waals surface area contributed by atoms with Gasteiger partial charge in [-0.1, -0.05) is 13.8 Å². The number of hydrogen-bond acceptors (Lipinski definition) is 4. The average molecular weight is 348 g/mol. The standard InChI is InChI=1S/C20H32N2O3/c1-13(2)8-20(24)25-16-6-7-21-11-14-9-15(18(21)10-16)12-22-17(14)4-3-5-19(22)23/h13-18H,3-12H2,1-2H3. The number of ether oxygens (including phenoxy) is 1. The molecule has 140 valence electrons. The molecule has 0 saturated carbocycles. The van der Waals surface area contributed by atoms with Crippen LogP contribution in [0.15, 0.2) is 0 Å². The molecule has 25 heavy (non-hydrogen) atoms. The van der Waals surface area contributed by atoms with Gasteiger partial charge in [0.25, 0.3) is 0 Å². The number of nitrogens with zero attached hydrogens (tertiary/aromatic N) is 2. The van der Waals surface area contributed by atoms with Crippen LogP contribution in [-0.4, -0.2) is 59.5 Å². The third kappa shape index (κ3) is 3.44. The largest absolute Gasteiger partial charge is 0.462 e. The van der Waals surface area contributed by atoms with Crippen LogP contribution in [0.25, 0.3) is 0 Å². The van der Waals surface area contributed by atoms with Crippen LogP contribution in [0.4, 0.5) is 0 Å². The molecule has 0 aliphatic carbocycles. The molecule has 0 aromatic carbocycles. The minimum absolute atomic E-state index is 0.0444. The van der Waals surface area contributed by atoms with Crippen molar-refractivity contribution in [3.63, 3.8) is 0 Å². The second-order valence-electron chi connectivity index (χ2n) is 9.06. The van der Waals surface area contributed by atoms with E-state index in [0.29, 0.717) is 42.2 Å². The molecule has 4 rings (SSSR count). The molecule has 0 N–H and O–H groups in total. The minimum atomic E-state index is -0.0444. The Bertz CT molecular complexity index is 535. The molecule has 4 heterocycles. The molecular formula is C20H32N2O3. The second-order valence-corrected chi connectivity index (χ2v) is 9.06. The molecule has 1 amide bonds. The van der Waals surface area contributed by atoms with Gasteiger partial charge in [-0.2, -0.15) is 0 Å².